The first-order valence-electron chi connectivity index (χ1n) is 6.97. The molecule has 0 saturated carbocycles. The number of rotatable bonds is 7. The van der Waals surface area contributed by atoms with Crippen molar-refractivity contribution < 1.29 is 4.79 Å². The Kier molecular flexibility index (Phi) is 6.14. The first kappa shape index (κ1) is 16.7. The number of thiazole rings is 1. The van der Waals surface area contributed by atoms with Gasteiger partial charge in [0, 0.05) is 30.1 Å². The molecular formula is C14H18N4O2S2. The molecule has 6 nitrogen and oxygen atoms in total. The van der Waals surface area contributed by atoms with Crippen molar-refractivity contribution in [2.45, 2.75) is 31.0 Å². The number of aromatic amines is 1. The number of nitrogens with one attached hydrogen (secondary N) is 2. The summed E-state index contributed by atoms with van der Waals surface area (Å²) in [6, 6.07) is 1.45. The van der Waals surface area contributed by atoms with Gasteiger partial charge in [0.15, 0.2) is 0 Å². The molecule has 0 aliphatic heterocycles. The van der Waals surface area contributed by atoms with Gasteiger partial charge in [-0.3, -0.25) is 9.59 Å². The van der Waals surface area contributed by atoms with E-state index in [1.807, 2.05) is 5.38 Å². The first-order chi connectivity index (χ1) is 10.6. The summed E-state index contributed by atoms with van der Waals surface area (Å²) in [6.07, 6.45) is 0.813. The molecule has 8 heteroatoms. The second kappa shape index (κ2) is 8.09. The molecule has 0 aliphatic carbocycles. The molecule has 2 aromatic rings. The zero-order valence-corrected chi connectivity index (χ0v) is 14.1. The van der Waals surface area contributed by atoms with E-state index >= 15 is 0 Å². The van der Waals surface area contributed by atoms with Gasteiger partial charge < -0.3 is 10.3 Å². The van der Waals surface area contributed by atoms with Gasteiger partial charge >= 0.3 is 0 Å². The number of H-pyrrole nitrogens is 1. The van der Waals surface area contributed by atoms with Gasteiger partial charge in [-0.15, -0.1) is 11.3 Å². The molecule has 0 unspecified atom stereocenters. The smallest absolute Gasteiger partial charge is 0.251 e. The zero-order valence-electron chi connectivity index (χ0n) is 12.5. The van der Waals surface area contributed by atoms with E-state index in [-0.39, 0.29) is 17.9 Å². The molecule has 0 fully saturated rings. The Hall–Kier alpha value is -1.67. The highest BCUT2D eigenvalue weighted by atomic mass is 32.2. The summed E-state index contributed by atoms with van der Waals surface area (Å²) in [5.74, 6) is 1.49. The lowest BCUT2D eigenvalue weighted by molar-refractivity contribution is -0.120. The van der Waals surface area contributed by atoms with E-state index in [4.69, 9.17) is 0 Å². The Balaban J connectivity index is 1.78. The fourth-order valence-electron chi connectivity index (χ4n) is 1.89. The molecule has 2 heterocycles. The Morgan fingerprint density at radius 3 is 2.95 bits per heavy atom. The second-order valence-corrected chi connectivity index (χ2v) is 7.01. The van der Waals surface area contributed by atoms with Crippen LogP contribution in [-0.4, -0.2) is 33.2 Å². The molecule has 0 bridgehead atoms. The maximum Gasteiger partial charge on any atom is 0.251 e. The average molecular weight is 338 g/mol. The second-order valence-electron chi connectivity index (χ2n) is 4.64. The molecule has 0 atom stereocenters. The fraction of sp³-hybridized carbons (Fsp3) is 0.429. The minimum Gasteiger partial charge on any atom is -0.355 e. The quantitative estimate of drug-likeness (QED) is 0.748. The number of carbonyl (C=O) groups is 1. The van der Waals surface area contributed by atoms with Crippen LogP contribution in [0.5, 0.6) is 0 Å². The molecule has 2 N–H and O–H groups in total. The molecule has 2 aromatic heterocycles. The minimum absolute atomic E-state index is 0.0695. The van der Waals surface area contributed by atoms with Crippen LogP contribution in [0.15, 0.2) is 20.6 Å². The molecule has 0 saturated heterocycles. The highest BCUT2D eigenvalue weighted by Crippen LogP contribution is 2.22. The number of aryl methyl sites for hydroxylation is 1. The highest BCUT2D eigenvalue weighted by Gasteiger charge is 2.08. The van der Waals surface area contributed by atoms with Crippen molar-refractivity contribution in [1.82, 2.24) is 20.3 Å². The molecule has 0 radical (unpaired) electrons. The largest absolute Gasteiger partial charge is 0.355 e. The average Bonchev–Trinajstić information content (AvgIpc) is 2.85. The van der Waals surface area contributed by atoms with Crippen molar-refractivity contribution in [2.75, 3.05) is 12.3 Å². The maximum atomic E-state index is 11.9. The van der Waals surface area contributed by atoms with E-state index in [9.17, 15) is 9.59 Å². The summed E-state index contributed by atoms with van der Waals surface area (Å²) in [4.78, 5) is 34.4. The van der Waals surface area contributed by atoms with E-state index in [0.29, 0.717) is 24.5 Å². The van der Waals surface area contributed by atoms with Gasteiger partial charge in [0.05, 0.1) is 12.1 Å². The highest BCUT2D eigenvalue weighted by molar-refractivity contribution is 8.00. The lowest BCUT2D eigenvalue weighted by Crippen LogP contribution is -2.28. The van der Waals surface area contributed by atoms with E-state index in [1.165, 1.54) is 6.07 Å². The van der Waals surface area contributed by atoms with Crippen LogP contribution in [0.1, 0.15) is 24.1 Å². The number of amides is 1. The van der Waals surface area contributed by atoms with Crippen LogP contribution in [0, 0.1) is 6.92 Å². The Morgan fingerprint density at radius 1 is 1.41 bits per heavy atom. The third-order valence-corrected chi connectivity index (χ3v) is 4.71. The van der Waals surface area contributed by atoms with Crippen molar-refractivity contribution in [3.05, 3.63) is 39.0 Å². The van der Waals surface area contributed by atoms with E-state index < -0.39 is 0 Å². The third kappa shape index (κ3) is 5.27. The van der Waals surface area contributed by atoms with Crippen molar-refractivity contribution >= 4 is 29.0 Å². The normalized spacial score (nSPS) is 10.6. The third-order valence-electron chi connectivity index (χ3n) is 2.76. The number of nitrogens with zero attached hydrogens (tertiary/aromatic N) is 2. The lowest BCUT2D eigenvalue weighted by Gasteiger charge is -2.04. The minimum atomic E-state index is -0.169. The molecule has 118 valence electrons. The molecule has 1 amide bonds. The predicted molar refractivity (Wildman–Crippen MR) is 88.5 cm³/mol. The summed E-state index contributed by atoms with van der Waals surface area (Å²) < 4.78 is 0.994. The van der Waals surface area contributed by atoms with Crippen LogP contribution < -0.4 is 10.9 Å². The number of hydrogen-bond acceptors (Lipinski definition) is 6. The Labute approximate surface area is 136 Å². The summed E-state index contributed by atoms with van der Waals surface area (Å²) in [7, 11) is 0. The zero-order chi connectivity index (χ0) is 15.9. The first-order valence-corrected chi connectivity index (χ1v) is 8.84. The standard InChI is InChI=1S/C14H18N4O2S2/c1-3-21-14-18-11(8-22-14)7-12(19)15-5-4-10-6-13(20)17-9(2)16-10/h6,8H,3-5,7H2,1-2H3,(H,15,19)(H,16,17,20). The lowest BCUT2D eigenvalue weighted by atomic mass is 10.2. The van der Waals surface area contributed by atoms with Gasteiger partial charge in [0.25, 0.3) is 5.56 Å². The Bertz CT molecular complexity index is 696. The topological polar surface area (TPSA) is 87.7 Å². The fourth-order valence-corrected chi connectivity index (χ4v) is 3.63. The van der Waals surface area contributed by atoms with Gasteiger partial charge in [0.2, 0.25) is 5.91 Å². The predicted octanol–water partition coefficient (Wildman–Crippen LogP) is 1.55. The monoisotopic (exact) mass is 338 g/mol. The number of hydrogen-bond donors (Lipinski definition) is 2. The number of carbonyl (C=O) groups excluding carboxylic acids is 1. The SMILES string of the molecule is CCSc1nc(CC(=O)NCCc2cc(=O)[nH]c(C)n2)cs1. The van der Waals surface area contributed by atoms with Crippen LogP contribution in [0.4, 0.5) is 0 Å². The van der Waals surface area contributed by atoms with Gasteiger partial charge in [-0.1, -0.05) is 18.7 Å². The summed E-state index contributed by atoms with van der Waals surface area (Å²) in [5.41, 5.74) is 1.30. The van der Waals surface area contributed by atoms with Crippen LogP contribution in [0.25, 0.3) is 0 Å². The Morgan fingerprint density at radius 2 is 2.23 bits per heavy atom. The van der Waals surface area contributed by atoms with Gasteiger partial charge in [-0.25, -0.2) is 9.97 Å². The van der Waals surface area contributed by atoms with Crippen molar-refractivity contribution in [3.63, 3.8) is 0 Å². The van der Waals surface area contributed by atoms with Gasteiger partial charge in [-0.05, 0) is 12.7 Å². The summed E-state index contributed by atoms with van der Waals surface area (Å²) in [5, 5.41) is 4.74. The van der Waals surface area contributed by atoms with E-state index in [2.05, 4.69) is 27.2 Å². The summed E-state index contributed by atoms with van der Waals surface area (Å²) >= 11 is 3.24. The van der Waals surface area contributed by atoms with Crippen molar-refractivity contribution in [2.24, 2.45) is 0 Å². The van der Waals surface area contributed by atoms with Crippen LogP contribution in [0.2, 0.25) is 0 Å². The van der Waals surface area contributed by atoms with Crippen molar-refractivity contribution in [1.29, 1.82) is 0 Å². The van der Waals surface area contributed by atoms with Gasteiger partial charge in [0.1, 0.15) is 10.2 Å². The molecule has 2 rings (SSSR count). The molecular weight excluding hydrogens is 320 g/mol. The number of thioether (sulfide) groups is 1. The van der Waals surface area contributed by atoms with Crippen LogP contribution >= 0.6 is 23.1 Å². The van der Waals surface area contributed by atoms with Crippen molar-refractivity contribution in [3.8, 4) is 0 Å². The molecule has 0 aromatic carbocycles. The van der Waals surface area contributed by atoms with Gasteiger partial charge in [-0.2, -0.15) is 0 Å². The van der Waals surface area contributed by atoms with E-state index in [1.54, 1.807) is 30.0 Å². The van der Waals surface area contributed by atoms with Crippen LogP contribution in [0.3, 0.4) is 0 Å². The summed E-state index contributed by atoms with van der Waals surface area (Å²) in [6.45, 7) is 4.26. The molecule has 0 spiro atoms. The number of aromatic nitrogens is 3. The molecule has 0 aliphatic rings. The molecule has 22 heavy (non-hydrogen) atoms. The maximum absolute atomic E-state index is 11.9. The van der Waals surface area contributed by atoms with Crippen LogP contribution in [-0.2, 0) is 17.6 Å². The van der Waals surface area contributed by atoms with E-state index in [0.717, 1.165) is 15.8 Å².